The number of carbonyl (C=O) groups excluding carboxylic acids is 1. The zero-order valence-electron chi connectivity index (χ0n) is 12.9. The Hall–Kier alpha value is -1.62. The summed E-state index contributed by atoms with van der Waals surface area (Å²) < 4.78 is 0. The minimum atomic E-state index is 0.00463. The lowest BCUT2D eigenvalue weighted by Crippen LogP contribution is -2.45. The van der Waals surface area contributed by atoms with E-state index in [0.29, 0.717) is 12.1 Å². The second-order valence-corrected chi connectivity index (χ2v) is 5.42. The van der Waals surface area contributed by atoms with Crippen LogP contribution < -0.4 is 5.32 Å². The van der Waals surface area contributed by atoms with Crippen molar-refractivity contribution >= 4 is 11.7 Å². The normalized spacial score (nSPS) is 14.6. The summed E-state index contributed by atoms with van der Waals surface area (Å²) in [5, 5.41) is 12.4. The van der Waals surface area contributed by atoms with Crippen molar-refractivity contribution in [2.45, 2.75) is 45.6 Å². The van der Waals surface area contributed by atoms with Gasteiger partial charge in [-0.15, -0.1) is 0 Å². The van der Waals surface area contributed by atoms with E-state index in [0.717, 1.165) is 37.3 Å². The highest BCUT2D eigenvalue weighted by atomic mass is 16.3. The van der Waals surface area contributed by atoms with Crippen LogP contribution in [0.2, 0.25) is 0 Å². The molecule has 0 saturated heterocycles. The average Bonchev–Trinajstić information content (AvgIpc) is 2.44. The van der Waals surface area contributed by atoms with Gasteiger partial charge in [0.15, 0.2) is 0 Å². The summed E-state index contributed by atoms with van der Waals surface area (Å²) in [4.78, 5) is 19.0. The zero-order chi connectivity index (χ0) is 15.2. The maximum Gasteiger partial charge on any atom is 0.254 e. The molecule has 0 atom stereocenters. The van der Waals surface area contributed by atoms with Crippen LogP contribution in [0, 0.1) is 0 Å². The number of aliphatic hydroxyl groups excluding tert-OH is 1. The van der Waals surface area contributed by atoms with E-state index in [1.54, 1.807) is 0 Å². The molecule has 0 aliphatic heterocycles. The van der Waals surface area contributed by atoms with Crippen LogP contribution in [0.4, 0.5) is 5.82 Å². The largest absolute Gasteiger partial charge is 0.395 e. The summed E-state index contributed by atoms with van der Waals surface area (Å²) in [5.41, 5.74) is 1.58. The molecule has 1 aromatic rings. The fourth-order valence-electron chi connectivity index (χ4n) is 2.59. The molecule has 1 aromatic heterocycles. The van der Waals surface area contributed by atoms with Gasteiger partial charge in [0, 0.05) is 30.4 Å². The summed E-state index contributed by atoms with van der Waals surface area (Å²) in [6, 6.07) is 3.96. The number of aromatic nitrogens is 1. The maximum atomic E-state index is 12.8. The Labute approximate surface area is 126 Å². The van der Waals surface area contributed by atoms with Crippen molar-refractivity contribution in [2.24, 2.45) is 0 Å². The number of anilines is 1. The lowest BCUT2D eigenvalue weighted by atomic mass is 9.91. The quantitative estimate of drug-likeness (QED) is 0.807. The molecule has 1 amide bonds. The van der Waals surface area contributed by atoms with Crippen LogP contribution in [-0.4, -0.2) is 46.6 Å². The van der Waals surface area contributed by atoms with Crippen LogP contribution in [0.5, 0.6) is 0 Å². The van der Waals surface area contributed by atoms with E-state index in [1.165, 1.54) is 6.42 Å². The summed E-state index contributed by atoms with van der Waals surface area (Å²) in [6.07, 6.45) is 4.04. The van der Waals surface area contributed by atoms with Gasteiger partial charge in [-0.2, -0.15) is 0 Å². The highest BCUT2D eigenvalue weighted by Gasteiger charge is 2.29. The molecule has 1 fully saturated rings. The smallest absolute Gasteiger partial charge is 0.254 e. The van der Waals surface area contributed by atoms with E-state index >= 15 is 0 Å². The van der Waals surface area contributed by atoms with Crippen LogP contribution >= 0.6 is 0 Å². The van der Waals surface area contributed by atoms with E-state index in [1.807, 2.05) is 30.9 Å². The van der Waals surface area contributed by atoms with Crippen molar-refractivity contribution < 1.29 is 9.90 Å². The second kappa shape index (κ2) is 7.41. The van der Waals surface area contributed by atoms with Crippen LogP contribution in [0.15, 0.2) is 12.1 Å². The first-order valence-corrected chi connectivity index (χ1v) is 7.86. The fourth-order valence-corrected chi connectivity index (χ4v) is 2.59. The molecular weight excluding hydrogens is 266 g/mol. The van der Waals surface area contributed by atoms with Crippen molar-refractivity contribution in [2.75, 3.05) is 25.0 Å². The van der Waals surface area contributed by atoms with Crippen LogP contribution in [0.25, 0.3) is 0 Å². The number of hydrogen-bond acceptors (Lipinski definition) is 4. The van der Waals surface area contributed by atoms with Gasteiger partial charge in [-0.25, -0.2) is 4.98 Å². The third-order valence-corrected chi connectivity index (χ3v) is 3.96. The minimum absolute atomic E-state index is 0.00463. The number of rotatable bonds is 7. The number of aryl methyl sites for hydroxylation is 1. The Balaban J connectivity index is 2.24. The molecule has 0 aromatic carbocycles. The number of nitrogens with zero attached hydrogens (tertiary/aromatic N) is 2. The number of nitrogens with one attached hydrogen (secondary N) is 1. The second-order valence-electron chi connectivity index (χ2n) is 5.42. The van der Waals surface area contributed by atoms with Gasteiger partial charge < -0.3 is 15.3 Å². The number of carbonyl (C=O) groups is 1. The third-order valence-electron chi connectivity index (χ3n) is 3.96. The number of aliphatic hydroxyl groups is 1. The summed E-state index contributed by atoms with van der Waals surface area (Å²) in [7, 11) is 0. The fraction of sp³-hybridized carbons (Fsp3) is 0.625. The lowest BCUT2D eigenvalue weighted by molar-refractivity contribution is 0.0525. The average molecular weight is 291 g/mol. The Morgan fingerprint density at radius 3 is 2.71 bits per heavy atom. The topological polar surface area (TPSA) is 65.5 Å². The number of amides is 1. The first-order chi connectivity index (χ1) is 10.2. The number of pyridine rings is 1. The van der Waals surface area contributed by atoms with Crippen molar-refractivity contribution in [3.05, 3.63) is 23.4 Å². The highest BCUT2D eigenvalue weighted by Crippen LogP contribution is 2.26. The Morgan fingerprint density at radius 1 is 1.43 bits per heavy atom. The molecule has 0 bridgehead atoms. The molecule has 1 saturated carbocycles. The van der Waals surface area contributed by atoms with Gasteiger partial charge in [-0.1, -0.05) is 6.92 Å². The SMILES string of the molecule is CCNc1cc(C(=O)N(CCO)C2CCC2)cc(CC)n1. The molecular formula is C16H25N3O2. The maximum absolute atomic E-state index is 12.8. The standard InChI is InChI=1S/C16H25N3O2/c1-3-13-10-12(11-15(18-13)17-4-2)16(21)19(8-9-20)14-6-5-7-14/h10-11,14,20H,3-9H2,1-2H3,(H,17,18). The molecule has 2 rings (SSSR count). The highest BCUT2D eigenvalue weighted by molar-refractivity contribution is 5.95. The predicted molar refractivity (Wildman–Crippen MR) is 83.5 cm³/mol. The van der Waals surface area contributed by atoms with E-state index in [-0.39, 0.29) is 18.6 Å². The van der Waals surface area contributed by atoms with E-state index in [4.69, 9.17) is 0 Å². The van der Waals surface area contributed by atoms with Gasteiger partial charge >= 0.3 is 0 Å². The molecule has 1 aliphatic rings. The number of hydrogen-bond donors (Lipinski definition) is 2. The monoisotopic (exact) mass is 291 g/mol. The van der Waals surface area contributed by atoms with Crippen molar-refractivity contribution in [3.8, 4) is 0 Å². The van der Waals surface area contributed by atoms with Crippen LogP contribution in [-0.2, 0) is 6.42 Å². The molecule has 1 heterocycles. The van der Waals surface area contributed by atoms with Gasteiger partial charge in [0.2, 0.25) is 0 Å². The van der Waals surface area contributed by atoms with Crippen molar-refractivity contribution in [3.63, 3.8) is 0 Å². The Bertz CT molecular complexity index is 486. The first-order valence-electron chi connectivity index (χ1n) is 7.86. The van der Waals surface area contributed by atoms with Crippen molar-refractivity contribution in [1.82, 2.24) is 9.88 Å². The Morgan fingerprint density at radius 2 is 2.19 bits per heavy atom. The summed E-state index contributed by atoms with van der Waals surface area (Å²) >= 11 is 0. The van der Waals surface area contributed by atoms with Gasteiger partial charge in [0.1, 0.15) is 5.82 Å². The Kier molecular flexibility index (Phi) is 5.56. The molecule has 0 radical (unpaired) electrons. The molecule has 0 unspecified atom stereocenters. The molecule has 5 nitrogen and oxygen atoms in total. The van der Waals surface area contributed by atoms with E-state index < -0.39 is 0 Å². The zero-order valence-corrected chi connectivity index (χ0v) is 12.9. The van der Waals surface area contributed by atoms with Gasteiger partial charge in [-0.05, 0) is 44.7 Å². The molecule has 116 valence electrons. The predicted octanol–water partition coefficient (Wildman–Crippen LogP) is 2.06. The van der Waals surface area contributed by atoms with Crippen LogP contribution in [0.3, 0.4) is 0 Å². The molecule has 1 aliphatic carbocycles. The minimum Gasteiger partial charge on any atom is -0.395 e. The van der Waals surface area contributed by atoms with Crippen molar-refractivity contribution in [1.29, 1.82) is 0 Å². The molecule has 5 heteroatoms. The van der Waals surface area contributed by atoms with Crippen LogP contribution in [0.1, 0.15) is 49.2 Å². The molecule has 2 N–H and O–H groups in total. The van der Waals surface area contributed by atoms with Gasteiger partial charge in [0.05, 0.1) is 6.61 Å². The van der Waals surface area contributed by atoms with Gasteiger partial charge in [-0.3, -0.25) is 4.79 Å². The lowest BCUT2D eigenvalue weighted by Gasteiger charge is -2.37. The summed E-state index contributed by atoms with van der Waals surface area (Å²) in [5.74, 6) is 0.753. The van der Waals surface area contributed by atoms with E-state index in [9.17, 15) is 9.90 Å². The molecule has 21 heavy (non-hydrogen) atoms. The first kappa shape index (κ1) is 15.8. The van der Waals surface area contributed by atoms with Gasteiger partial charge in [0.25, 0.3) is 5.91 Å². The van der Waals surface area contributed by atoms with E-state index in [2.05, 4.69) is 10.3 Å². The molecule has 0 spiro atoms. The summed E-state index contributed by atoms with van der Waals surface area (Å²) in [6.45, 7) is 5.23. The third kappa shape index (κ3) is 3.73.